The number of amides is 1. The van der Waals surface area contributed by atoms with E-state index < -0.39 is 11.1 Å². The average molecular weight is 390 g/mol. The highest BCUT2D eigenvalue weighted by molar-refractivity contribution is 8.00. The molecule has 25 heavy (non-hydrogen) atoms. The van der Waals surface area contributed by atoms with Crippen molar-refractivity contribution in [3.05, 3.63) is 23.0 Å². The molecule has 0 bridgehead atoms. The molecule has 0 aliphatic rings. The maximum atomic E-state index is 14.0. The second-order valence-electron chi connectivity index (χ2n) is 5.83. The minimum absolute atomic E-state index is 0.0653. The molecule has 1 aromatic carbocycles. The van der Waals surface area contributed by atoms with Crippen LogP contribution >= 0.6 is 23.4 Å². The zero-order chi connectivity index (χ0) is 19.0. The second-order valence-corrected chi connectivity index (χ2v) is 7.62. The summed E-state index contributed by atoms with van der Waals surface area (Å²) in [5.74, 6) is -1.20. The van der Waals surface area contributed by atoms with Gasteiger partial charge in [-0.3, -0.25) is 9.59 Å². The summed E-state index contributed by atoms with van der Waals surface area (Å²) >= 11 is 7.25. The molecule has 4 nitrogen and oxygen atoms in total. The highest BCUT2D eigenvalue weighted by Gasteiger charge is 2.21. The molecule has 2 atom stereocenters. The Balaban J connectivity index is 2.84. The Morgan fingerprint density at radius 2 is 2.00 bits per heavy atom. The second kappa shape index (κ2) is 10.7. The average Bonchev–Trinajstić information content (AvgIpc) is 2.56. The summed E-state index contributed by atoms with van der Waals surface area (Å²) in [6, 6.07) is 2.60. The number of esters is 1. The van der Waals surface area contributed by atoms with Crippen LogP contribution in [0.25, 0.3) is 0 Å². The highest BCUT2D eigenvalue weighted by Crippen LogP contribution is 2.35. The summed E-state index contributed by atoms with van der Waals surface area (Å²) in [5, 5.41) is 2.25. The van der Waals surface area contributed by atoms with Crippen molar-refractivity contribution < 1.29 is 18.7 Å². The smallest absolute Gasteiger partial charge is 0.319 e. The highest BCUT2D eigenvalue weighted by atomic mass is 35.5. The number of carbonyl (C=O) groups is 2. The van der Waals surface area contributed by atoms with Crippen LogP contribution in [0.1, 0.15) is 53.4 Å². The summed E-state index contributed by atoms with van der Waals surface area (Å²) < 4.78 is 19.3. The first kappa shape index (κ1) is 21.8. The number of thioether (sulfide) groups is 1. The van der Waals surface area contributed by atoms with E-state index in [1.54, 1.807) is 6.92 Å². The lowest BCUT2D eigenvalue weighted by molar-refractivity contribution is -0.147. The first-order chi connectivity index (χ1) is 11.8. The van der Waals surface area contributed by atoms with Gasteiger partial charge in [0.25, 0.3) is 0 Å². The van der Waals surface area contributed by atoms with E-state index in [9.17, 15) is 14.0 Å². The Labute approximate surface area is 157 Å². The number of hydrogen-bond acceptors (Lipinski definition) is 4. The van der Waals surface area contributed by atoms with Crippen molar-refractivity contribution in [2.24, 2.45) is 0 Å². The van der Waals surface area contributed by atoms with Gasteiger partial charge in [-0.2, -0.15) is 0 Å². The summed E-state index contributed by atoms with van der Waals surface area (Å²) in [7, 11) is 0. The van der Waals surface area contributed by atoms with Gasteiger partial charge in [0, 0.05) is 11.3 Å². The Bertz CT molecular complexity index is 612. The van der Waals surface area contributed by atoms with E-state index >= 15 is 0 Å². The van der Waals surface area contributed by atoms with Crippen LogP contribution in [0.2, 0.25) is 5.02 Å². The SMILES string of the molecule is CCCCC(=O)Nc1cc(SC(C)C(=O)OC(C)CC)c(Cl)cc1F. The largest absolute Gasteiger partial charge is 0.462 e. The first-order valence-corrected chi connectivity index (χ1v) is 9.70. The van der Waals surface area contributed by atoms with Crippen LogP contribution in [0, 0.1) is 5.82 Å². The Hall–Kier alpha value is -1.27. The van der Waals surface area contributed by atoms with E-state index in [0.717, 1.165) is 25.3 Å². The van der Waals surface area contributed by atoms with Crippen LogP contribution in [0.3, 0.4) is 0 Å². The molecule has 0 aromatic heterocycles. The molecule has 0 aliphatic carbocycles. The molecule has 0 saturated carbocycles. The normalized spacial score (nSPS) is 13.2. The number of rotatable bonds is 9. The van der Waals surface area contributed by atoms with Crippen LogP contribution in [0.4, 0.5) is 10.1 Å². The number of carbonyl (C=O) groups excluding carboxylic acids is 2. The van der Waals surface area contributed by atoms with Gasteiger partial charge >= 0.3 is 5.97 Å². The lowest BCUT2D eigenvalue weighted by atomic mass is 10.2. The van der Waals surface area contributed by atoms with E-state index in [1.807, 2.05) is 20.8 Å². The molecule has 2 unspecified atom stereocenters. The number of anilines is 1. The molecule has 140 valence electrons. The van der Waals surface area contributed by atoms with Gasteiger partial charge in [0.05, 0.1) is 16.8 Å². The molecular weight excluding hydrogens is 365 g/mol. The lowest BCUT2D eigenvalue weighted by Crippen LogP contribution is -2.22. The number of ether oxygens (including phenoxy) is 1. The van der Waals surface area contributed by atoms with E-state index in [0.29, 0.717) is 11.3 Å². The van der Waals surface area contributed by atoms with E-state index in [1.165, 1.54) is 17.8 Å². The number of unbranched alkanes of at least 4 members (excludes halogenated alkanes) is 1. The van der Waals surface area contributed by atoms with Crippen LogP contribution in [-0.4, -0.2) is 23.2 Å². The number of halogens is 2. The number of benzene rings is 1. The van der Waals surface area contributed by atoms with Gasteiger partial charge < -0.3 is 10.1 Å². The van der Waals surface area contributed by atoms with Crippen molar-refractivity contribution >= 4 is 40.9 Å². The molecule has 0 aliphatic heterocycles. The summed E-state index contributed by atoms with van der Waals surface area (Å²) in [6.45, 7) is 7.43. The van der Waals surface area contributed by atoms with Crippen LogP contribution < -0.4 is 5.32 Å². The van der Waals surface area contributed by atoms with E-state index in [2.05, 4.69) is 5.32 Å². The quantitative estimate of drug-likeness (QED) is 0.452. The lowest BCUT2D eigenvalue weighted by Gasteiger charge is -2.16. The maximum absolute atomic E-state index is 14.0. The molecule has 1 rings (SSSR count). The number of nitrogens with one attached hydrogen (secondary N) is 1. The third-order valence-electron chi connectivity index (χ3n) is 3.58. The minimum Gasteiger partial charge on any atom is -0.462 e. The predicted octanol–water partition coefficient (Wildman–Crippen LogP) is 5.43. The van der Waals surface area contributed by atoms with Crippen molar-refractivity contribution in [1.29, 1.82) is 0 Å². The topological polar surface area (TPSA) is 55.4 Å². The van der Waals surface area contributed by atoms with Crippen molar-refractivity contribution in [3.8, 4) is 0 Å². The molecule has 0 fully saturated rings. The maximum Gasteiger partial charge on any atom is 0.319 e. The van der Waals surface area contributed by atoms with Gasteiger partial charge in [-0.15, -0.1) is 11.8 Å². The third-order valence-corrected chi connectivity index (χ3v) is 5.14. The van der Waals surface area contributed by atoms with Crippen molar-refractivity contribution in [1.82, 2.24) is 0 Å². The summed E-state index contributed by atoms with van der Waals surface area (Å²) in [5.41, 5.74) is 0.0653. The molecular formula is C18H25ClFNO3S. The molecule has 0 heterocycles. The van der Waals surface area contributed by atoms with Crippen LogP contribution in [0.15, 0.2) is 17.0 Å². The van der Waals surface area contributed by atoms with Crippen LogP contribution in [-0.2, 0) is 14.3 Å². The van der Waals surface area contributed by atoms with Gasteiger partial charge in [-0.25, -0.2) is 4.39 Å². The molecule has 0 spiro atoms. The van der Waals surface area contributed by atoms with Gasteiger partial charge in [0.15, 0.2) is 0 Å². The van der Waals surface area contributed by atoms with Gasteiger partial charge in [0.1, 0.15) is 11.1 Å². The Morgan fingerprint density at radius 3 is 2.60 bits per heavy atom. The standard InChI is InChI=1S/C18H25ClFNO3S/c1-5-7-8-17(22)21-15-10-16(13(19)9-14(15)20)25-12(4)18(23)24-11(3)6-2/h9-12H,5-8H2,1-4H3,(H,21,22). The Morgan fingerprint density at radius 1 is 1.32 bits per heavy atom. The van der Waals surface area contributed by atoms with E-state index in [4.69, 9.17) is 16.3 Å². The molecule has 7 heteroatoms. The minimum atomic E-state index is -0.603. The molecule has 1 amide bonds. The fourth-order valence-corrected chi connectivity index (χ4v) is 3.06. The van der Waals surface area contributed by atoms with Crippen molar-refractivity contribution in [2.75, 3.05) is 5.32 Å². The summed E-state index contributed by atoms with van der Waals surface area (Å²) in [4.78, 5) is 24.4. The summed E-state index contributed by atoms with van der Waals surface area (Å²) in [6.07, 6.45) is 2.52. The van der Waals surface area contributed by atoms with Gasteiger partial charge in [0.2, 0.25) is 5.91 Å². The number of hydrogen-bond donors (Lipinski definition) is 1. The Kier molecular flexibility index (Phi) is 9.28. The first-order valence-electron chi connectivity index (χ1n) is 8.44. The molecule has 0 saturated heterocycles. The molecule has 1 N–H and O–H groups in total. The fourth-order valence-electron chi connectivity index (χ4n) is 1.88. The predicted molar refractivity (Wildman–Crippen MR) is 101 cm³/mol. The van der Waals surface area contributed by atoms with Crippen molar-refractivity contribution in [3.63, 3.8) is 0 Å². The molecule has 0 radical (unpaired) electrons. The zero-order valence-corrected chi connectivity index (χ0v) is 16.6. The van der Waals surface area contributed by atoms with Crippen molar-refractivity contribution in [2.45, 2.75) is 69.6 Å². The van der Waals surface area contributed by atoms with E-state index in [-0.39, 0.29) is 28.7 Å². The van der Waals surface area contributed by atoms with Gasteiger partial charge in [-0.1, -0.05) is 31.9 Å². The molecule has 1 aromatic rings. The van der Waals surface area contributed by atoms with Crippen LogP contribution in [0.5, 0.6) is 0 Å². The fraction of sp³-hybridized carbons (Fsp3) is 0.556. The third kappa shape index (κ3) is 7.24. The monoisotopic (exact) mass is 389 g/mol. The zero-order valence-electron chi connectivity index (χ0n) is 15.0. The van der Waals surface area contributed by atoms with Gasteiger partial charge in [-0.05, 0) is 38.8 Å².